The number of ether oxygens (including phenoxy) is 1. The molecule has 0 spiro atoms. The lowest BCUT2D eigenvalue weighted by atomic mass is 10.1. The molecule has 1 aliphatic rings. The molecule has 0 bridgehead atoms. The van der Waals surface area contributed by atoms with E-state index in [4.69, 9.17) is 4.74 Å². The van der Waals surface area contributed by atoms with Crippen molar-refractivity contribution in [3.05, 3.63) is 29.3 Å². The van der Waals surface area contributed by atoms with Crippen molar-refractivity contribution >= 4 is 18.1 Å². The smallest absolute Gasteiger partial charge is 0.407 e. The third kappa shape index (κ3) is 4.23. The lowest BCUT2D eigenvalue weighted by Crippen LogP contribution is -2.40. The van der Waals surface area contributed by atoms with Crippen LogP contribution in [0.15, 0.2) is 18.2 Å². The molecule has 1 heterocycles. The molecule has 1 fully saturated rings. The lowest BCUT2D eigenvalue weighted by molar-refractivity contribution is 0.0509. The van der Waals surface area contributed by atoms with Crippen LogP contribution in [-0.2, 0) is 4.74 Å². The van der Waals surface area contributed by atoms with E-state index in [1.807, 2.05) is 45.9 Å². The summed E-state index contributed by atoms with van der Waals surface area (Å²) in [7, 11) is 0. The van der Waals surface area contributed by atoms with Gasteiger partial charge in [0, 0.05) is 24.3 Å². The number of anilines is 1. The molecule has 0 aromatic heterocycles. The van der Waals surface area contributed by atoms with Crippen molar-refractivity contribution < 1.29 is 14.3 Å². The van der Waals surface area contributed by atoms with Crippen LogP contribution < -0.4 is 10.2 Å². The number of alkyl carbamates (subject to hydrolysis) is 1. The molecule has 120 valence electrons. The summed E-state index contributed by atoms with van der Waals surface area (Å²) in [5.41, 5.74) is 2.24. The van der Waals surface area contributed by atoms with Gasteiger partial charge in [0.25, 0.3) is 0 Å². The van der Waals surface area contributed by atoms with Gasteiger partial charge in [-0.05, 0) is 51.8 Å². The van der Waals surface area contributed by atoms with Crippen molar-refractivity contribution in [3.63, 3.8) is 0 Å². The topological polar surface area (TPSA) is 58.6 Å². The zero-order valence-corrected chi connectivity index (χ0v) is 13.7. The second-order valence-electron chi connectivity index (χ2n) is 6.76. The van der Waals surface area contributed by atoms with Gasteiger partial charge < -0.3 is 15.0 Å². The number of nitrogens with one attached hydrogen (secondary N) is 1. The Morgan fingerprint density at radius 2 is 2.14 bits per heavy atom. The zero-order chi connectivity index (χ0) is 16.3. The van der Waals surface area contributed by atoms with E-state index in [1.165, 1.54) is 0 Å². The molecule has 1 aromatic rings. The average Bonchev–Trinajstić information content (AvgIpc) is 2.84. The van der Waals surface area contributed by atoms with E-state index in [0.717, 1.165) is 30.5 Å². The van der Waals surface area contributed by atoms with E-state index in [-0.39, 0.29) is 12.1 Å². The largest absolute Gasteiger partial charge is 0.444 e. The van der Waals surface area contributed by atoms with Gasteiger partial charge in [-0.2, -0.15) is 0 Å². The van der Waals surface area contributed by atoms with Crippen LogP contribution in [0.1, 0.15) is 43.1 Å². The predicted molar refractivity (Wildman–Crippen MR) is 86.6 cm³/mol. The number of carbonyl (C=O) groups excluding carboxylic acids is 2. The maximum Gasteiger partial charge on any atom is 0.407 e. The van der Waals surface area contributed by atoms with Gasteiger partial charge in [0.15, 0.2) is 6.29 Å². The molecule has 1 aliphatic heterocycles. The van der Waals surface area contributed by atoms with Crippen LogP contribution in [0.5, 0.6) is 0 Å². The highest BCUT2D eigenvalue weighted by molar-refractivity contribution is 5.85. The Bertz CT molecular complexity index is 564. The maximum atomic E-state index is 11.8. The molecule has 22 heavy (non-hydrogen) atoms. The minimum atomic E-state index is -0.496. The second-order valence-corrected chi connectivity index (χ2v) is 6.76. The van der Waals surface area contributed by atoms with Crippen LogP contribution in [0.2, 0.25) is 0 Å². The monoisotopic (exact) mass is 304 g/mol. The minimum absolute atomic E-state index is 0.0369. The van der Waals surface area contributed by atoms with Crippen LogP contribution in [0, 0.1) is 6.92 Å². The summed E-state index contributed by atoms with van der Waals surface area (Å²) < 4.78 is 5.28. The van der Waals surface area contributed by atoms with Gasteiger partial charge in [0.2, 0.25) is 0 Å². The van der Waals surface area contributed by atoms with Crippen molar-refractivity contribution in [1.29, 1.82) is 0 Å². The van der Waals surface area contributed by atoms with Gasteiger partial charge >= 0.3 is 6.09 Å². The summed E-state index contributed by atoms with van der Waals surface area (Å²) in [5, 5.41) is 2.90. The first-order valence-corrected chi connectivity index (χ1v) is 7.59. The van der Waals surface area contributed by atoms with Gasteiger partial charge in [0.05, 0.1) is 6.04 Å². The Kier molecular flexibility index (Phi) is 4.74. The molecule has 1 saturated heterocycles. The molecule has 1 N–H and O–H groups in total. The van der Waals surface area contributed by atoms with Gasteiger partial charge in [0.1, 0.15) is 5.60 Å². The highest BCUT2D eigenvalue weighted by Crippen LogP contribution is 2.25. The Morgan fingerprint density at radius 1 is 1.41 bits per heavy atom. The summed E-state index contributed by atoms with van der Waals surface area (Å²) in [5.74, 6) is 0. The van der Waals surface area contributed by atoms with Crippen LogP contribution in [0.3, 0.4) is 0 Å². The molecule has 1 amide bonds. The van der Waals surface area contributed by atoms with Crippen molar-refractivity contribution in [1.82, 2.24) is 5.32 Å². The lowest BCUT2D eigenvalue weighted by Gasteiger charge is -2.23. The van der Waals surface area contributed by atoms with Crippen molar-refractivity contribution in [2.45, 2.75) is 45.8 Å². The van der Waals surface area contributed by atoms with Gasteiger partial charge in [-0.3, -0.25) is 4.79 Å². The quantitative estimate of drug-likeness (QED) is 0.872. The van der Waals surface area contributed by atoms with Crippen molar-refractivity contribution in [2.24, 2.45) is 0 Å². The number of amides is 1. The molecular formula is C17H24N2O3. The Morgan fingerprint density at radius 3 is 2.77 bits per heavy atom. The fourth-order valence-electron chi connectivity index (χ4n) is 2.60. The number of benzene rings is 1. The van der Waals surface area contributed by atoms with Crippen LogP contribution in [-0.4, -0.2) is 37.1 Å². The Hall–Kier alpha value is -2.04. The van der Waals surface area contributed by atoms with Gasteiger partial charge in [-0.25, -0.2) is 4.79 Å². The first-order chi connectivity index (χ1) is 10.3. The number of nitrogens with zero attached hydrogens (tertiary/aromatic N) is 1. The molecule has 0 aliphatic carbocycles. The van der Waals surface area contributed by atoms with Crippen LogP contribution in [0.4, 0.5) is 10.5 Å². The molecule has 1 atom stereocenters. The normalized spacial score (nSPS) is 18.2. The summed E-state index contributed by atoms with van der Waals surface area (Å²) in [4.78, 5) is 25.2. The fraction of sp³-hybridized carbons (Fsp3) is 0.529. The standard InChI is InChI=1S/C17H24N2O3/c1-12-5-6-13(11-20)15(9-12)19-8-7-14(10-19)18-16(21)22-17(2,3)4/h5-6,9,11,14H,7-8,10H2,1-4H3,(H,18,21). The molecule has 1 unspecified atom stereocenters. The third-order valence-electron chi connectivity index (χ3n) is 3.56. The molecule has 5 nitrogen and oxygen atoms in total. The number of carbonyl (C=O) groups is 2. The maximum absolute atomic E-state index is 11.8. The van der Waals surface area contributed by atoms with E-state index in [1.54, 1.807) is 0 Å². The highest BCUT2D eigenvalue weighted by atomic mass is 16.6. The average molecular weight is 304 g/mol. The summed E-state index contributed by atoms with van der Waals surface area (Å²) in [6.07, 6.45) is 1.33. The van der Waals surface area contributed by atoms with Gasteiger partial charge in [-0.15, -0.1) is 0 Å². The molecular weight excluding hydrogens is 280 g/mol. The third-order valence-corrected chi connectivity index (χ3v) is 3.56. The summed E-state index contributed by atoms with van der Waals surface area (Å²) >= 11 is 0. The molecule has 1 aromatic carbocycles. The number of hydrogen-bond donors (Lipinski definition) is 1. The van der Waals surface area contributed by atoms with E-state index < -0.39 is 5.60 Å². The second kappa shape index (κ2) is 6.38. The van der Waals surface area contributed by atoms with Crippen molar-refractivity contribution in [3.8, 4) is 0 Å². The Labute approximate surface area is 131 Å². The number of rotatable bonds is 3. The van der Waals surface area contributed by atoms with Crippen LogP contribution in [0.25, 0.3) is 0 Å². The summed E-state index contributed by atoms with van der Waals surface area (Å²) in [6, 6.07) is 5.82. The van der Waals surface area contributed by atoms with Gasteiger partial charge in [-0.1, -0.05) is 6.07 Å². The molecule has 2 rings (SSSR count). The number of aldehydes is 1. The van der Waals surface area contributed by atoms with E-state index >= 15 is 0 Å². The minimum Gasteiger partial charge on any atom is -0.444 e. The Balaban J connectivity index is 2.00. The molecule has 0 radical (unpaired) electrons. The van der Waals surface area contributed by atoms with E-state index in [2.05, 4.69) is 10.2 Å². The first-order valence-electron chi connectivity index (χ1n) is 7.59. The first kappa shape index (κ1) is 16.3. The number of hydrogen-bond acceptors (Lipinski definition) is 4. The zero-order valence-electron chi connectivity index (χ0n) is 13.7. The number of aryl methyl sites for hydroxylation is 1. The molecule has 5 heteroatoms. The van der Waals surface area contributed by atoms with E-state index in [9.17, 15) is 9.59 Å². The highest BCUT2D eigenvalue weighted by Gasteiger charge is 2.27. The predicted octanol–water partition coefficient (Wildman–Crippen LogP) is 2.91. The van der Waals surface area contributed by atoms with E-state index in [0.29, 0.717) is 12.1 Å². The molecule has 0 saturated carbocycles. The SMILES string of the molecule is Cc1ccc(C=O)c(N2CCC(NC(=O)OC(C)(C)C)C2)c1. The van der Waals surface area contributed by atoms with Crippen LogP contribution >= 0.6 is 0 Å². The fourth-order valence-corrected chi connectivity index (χ4v) is 2.60. The van der Waals surface area contributed by atoms with Crippen molar-refractivity contribution in [2.75, 3.05) is 18.0 Å². The summed E-state index contributed by atoms with van der Waals surface area (Å²) in [6.45, 7) is 9.03.